The molecule has 6 heteroatoms. The summed E-state index contributed by atoms with van der Waals surface area (Å²) in [5.41, 5.74) is 6.97. The van der Waals surface area contributed by atoms with Gasteiger partial charge in [-0.05, 0) is 31.2 Å². The second-order valence-electron chi connectivity index (χ2n) is 4.63. The summed E-state index contributed by atoms with van der Waals surface area (Å²) in [6.07, 6.45) is 0.103. The lowest BCUT2D eigenvalue weighted by Crippen LogP contribution is -2.31. The lowest BCUT2D eigenvalue weighted by molar-refractivity contribution is -0.118. The highest BCUT2D eigenvalue weighted by Crippen LogP contribution is 2.31. The number of aliphatic hydroxyl groups is 1. The Morgan fingerprint density at radius 1 is 1.58 bits per heavy atom. The van der Waals surface area contributed by atoms with E-state index in [-0.39, 0.29) is 12.5 Å². The summed E-state index contributed by atoms with van der Waals surface area (Å²) in [5, 5.41) is 12.5. The topological polar surface area (TPSA) is 87.8 Å². The molecule has 0 aliphatic carbocycles. The quantitative estimate of drug-likeness (QED) is 0.706. The number of rotatable bonds is 5. The number of nitrogens with two attached hydrogens (primary N) is 1. The van der Waals surface area contributed by atoms with Gasteiger partial charge in [0.05, 0.1) is 11.8 Å². The van der Waals surface area contributed by atoms with Crippen molar-refractivity contribution >= 4 is 17.3 Å². The minimum atomic E-state index is -0.461. The largest absolute Gasteiger partial charge is 0.482 e. The number of nitrogens with zero attached hydrogens (tertiary/aromatic N) is 1. The highest BCUT2D eigenvalue weighted by molar-refractivity contribution is 5.96. The molecule has 0 saturated heterocycles. The van der Waals surface area contributed by atoms with Crippen LogP contribution < -0.4 is 20.7 Å². The number of hydrogen-bond donors (Lipinski definition) is 3. The van der Waals surface area contributed by atoms with Crippen LogP contribution in [0, 0.1) is 0 Å². The van der Waals surface area contributed by atoms with Crippen molar-refractivity contribution in [3.05, 3.63) is 18.2 Å². The van der Waals surface area contributed by atoms with Gasteiger partial charge < -0.3 is 25.8 Å². The molecule has 0 spiro atoms. The molecule has 1 amide bonds. The molecule has 1 heterocycles. The predicted molar refractivity (Wildman–Crippen MR) is 73.5 cm³/mol. The first-order valence-corrected chi connectivity index (χ1v) is 6.26. The molecule has 6 nitrogen and oxygen atoms in total. The second-order valence-corrected chi connectivity index (χ2v) is 4.63. The first-order chi connectivity index (χ1) is 9.10. The Balaban J connectivity index is 2.08. The average molecular weight is 265 g/mol. The van der Waals surface area contributed by atoms with Gasteiger partial charge in [-0.25, -0.2) is 0 Å². The molecule has 1 aliphatic rings. The lowest BCUT2D eigenvalue weighted by atomic mass is 10.2. The van der Waals surface area contributed by atoms with Crippen LogP contribution in [0.5, 0.6) is 5.75 Å². The minimum Gasteiger partial charge on any atom is -0.482 e. The van der Waals surface area contributed by atoms with E-state index in [1.54, 1.807) is 0 Å². The zero-order valence-corrected chi connectivity index (χ0v) is 10.9. The first-order valence-electron chi connectivity index (χ1n) is 6.26. The molecule has 0 fully saturated rings. The van der Waals surface area contributed by atoms with E-state index < -0.39 is 6.10 Å². The van der Waals surface area contributed by atoms with Gasteiger partial charge in [0.15, 0.2) is 6.61 Å². The second kappa shape index (κ2) is 5.90. The number of ether oxygens (including phenoxy) is 1. The molecule has 0 bridgehead atoms. The number of carbonyl (C=O) groups excluding carboxylic acids is 1. The van der Waals surface area contributed by atoms with E-state index in [2.05, 4.69) is 5.32 Å². The van der Waals surface area contributed by atoms with Crippen LogP contribution in [0.15, 0.2) is 18.2 Å². The summed E-state index contributed by atoms with van der Waals surface area (Å²) in [6, 6.07) is 5.54. The van der Waals surface area contributed by atoms with Crippen LogP contribution in [-0.4, -0.2) is 43.9 Å². The van der Waals surface area contributed by atoms with Crippen molar-refractivity contribution in [1.29, 1.82) is 0 Å². The van der Waals surface area contributed by atoms with E-state index in [0.717, 1.165) is 5.69 Å². The summed E-state index contributed by atoms with van der Waals surface area (Å²) in [4.78, 5) is 13.2. The van der Waals surface area contributed by atoms with E-state index >= 15 is 0 Å². The molecule has 1 aliphatic heterocycles. The molecule has 1 aromatic rings. The monoisotopic (exact) mass is 265 g/mol. The van der Waals surface area contributed by atoms with E-state index in [1.165, 1.54) is 0 Å². The van der Waals surface area contributed by atoms with Crippen LogP contribution in [0.25, 0.3) is 0 Å². The normalized spacial score (nSPS) is 15.2. The molecule has 0 radical (unpaired) electrons. The highest BCUT2D eigenvalue weighted by Gasteiger charge is 2.17. The summed E-state index contributed by atoms with van der Waals surface area (Å²) < 4.78 is 5.29. The fraction of sp³-hybridized carbons (Fsp3) is 0.462. The number of carbonyl (C=O) groups is 1. The highest BCUT2D eigenvalue weighted by atomic mass is 16.5. The third-order valence-electron chi connectivity index (χ3n) is 3.02. The van der Waals surface area contributed by atoms with E-state index in [0.29, 0.717) is 30.9 Å². The van der Waals surface area contributed by atoms with Crippen molar-refractivity contribution in [3.8, 4) is 5.75 Å². The van der Waals surface area contributed by atoms with Crippen molar-refractivity contribution in [2.24, 2.45) is 5.73 Å². The lowest BCUT2D eigenvalue weighted by Gasteiger charge is -2.25. The number of benzene rings is 1. The molecule has 1 unspecified atom stereocenters. The maximum absolute atomic E-state index is 11.3. The van der Waals surface area contributed by atoms with Crippen LogP contribution >= 0.6 is 0 Å². The van der Waals surface area contributed by atoms with Gasteiger partial charge in [0.1, 0.15) is 5.75 Å². The molecule has 0 aromatic heterocycles. The Kier molecular flexibility index (Phi) is 4.24. The number of nitrogens with one attached hydrogen (secondary N) is 1. The average Bonchev–Trinajstić information content (AvgIpc) is 2.38. The molecule has 104 valence electrons. The van der Waals surface area contributed by atoms with Gasteiger partial charge in [-0.1, -0.05) is 0 Å². The Labute approximate surface area is 112 Å². The van der Waals surface area contributed by atoms with Crippen LogP contribution in [0.1, 0.15) is 6.42 Å². The molecule has 4 N–H and O–H groups in total. The van der Waals surface area contributed by atoms with Gasteiger partial charge in [-0.3, -0.25) is 4.79 Å². The molecule has 1 atom stereocenters. The smallest absolute Gasteiger partial charge is 0.262 e. The van der Waals surface area contributed by atoms with Crippen molar-refractivity contribution in [1.82, 2.24) is 0 Å². The number of amides is 1. The van der Waals surface area contributed by atoms with Crippen LogP contribution in [0.2, 0.25) is 0 Å². The number of hydrogen-bond acceptors (Lipinski definition) is 5. The molecule has 2 rings (SSSR count). The number of aliphatic hydroxyl groups excluding tert-OH is 1. The van der Waals surface area contributed by atoms with Crippen LogP contribution in [0.4, 0.5) is 11.4 Å². The van der Waals surface area contributed by atoms with Crippen molar-refractivity contribution < 1.29 is 14.6 Å². The fourth-order valence-electron chi connectivity index (χ4n) is 2.01. The minimum absolute atomic E-state index is 0.0530. The van der Waals surface area contributed by atoms with Gasteiger partial charge in [-0.15, -0.1) is 0 Å². The maximum atomic E-state index is 11.3. The standard InChI is InChI=1S/C13H19N3O3/c1-16(7-10(17)4-5-14)9-2-3-12-11(6-9)15-13(18)8-19-12/h2-3,6,10,17H,4-5,7-8,14H2,1H3,(H,15,18). The zero-order chi connectivity index (χ0) is 13.8. The summed E-state index contributed by atoms with van der Waals surface area (Å²) in [6.45, 7) is 1.01. The Morgan fingerprint density at radius 3 is 3.11 bits per heavy atom. The van der Waals surface area contributed by atoms with Crippen molar-refractivity contribution in [2.45, 2.75) is 12.5 Å². The fourth-order valence-corrected chi connectivity index (χ4v) is 2.01. The van der Waals surface area contributed by atoms with Gasteiger partial charge in [0.2, 0.25) is 0 Å². The summed E-state index contributed by atoms with van der Waals surface area (Å²) in [5.74, 6) is 0.509. The molecule has 1 aromatic carbocycles. The van der Waals surface area contributed by atoms with Crippen molar-refractivity contribution in [3.63, 3.8) is 0 Å². The third kappa shape index (κ3) is 3.36. The van der Waals surface area contributed by atoms with Gasteiger partial charge in [0, 0.05) is 19.3 Å². The van der Waals surface area contributed by atoms with E-state index in [9.17, 15) is 9.90 Å². The van der Waals surface area contributed by atoms with Crippen LogP contribution in [-0.2, 0) is 4.79 Å². The van der Waals surface area contributed by atoms with Gasteiger partial charge in [0.25, 0.3) is 5.91 Å². The molecule has 19 heavy (non-hydrogen) atoms. The summed E-state index contributed by atoms with van der Waals surface area (Å²) in [7, 11) is 1.88. The zero-order valence-electron chi connectivity index (χ0n) is 10.9. The third-order valence-corrected chi connectivity index (χ3v) is 3.02. The predicted octanol–water partition coefficient (Wildman–Crippen LogP) is 0.163. The molecular weight excluding hydrogens is 246 g/mol. The SMILES string of the molecule is CN(CC(O)CCN)c1ccc2c(c1)NC(=O)CO2. The molecular formula is C13H19N3O3. The number of fused-ring (bicyclic) bond motifs is 1. The van der Waals surface area contributed by atoms with Gasteiger partial charge >= 0.3 is 0 Å². The maximum Gasteiger partial charge on any atom is 0.262 e. The number of likely N-dealkylation sites (N-methyl/N-ethyl adjacent to an activating group) is 1. The first kappa shape index (κ1) is 13.6. The Bertz CT molecular complexity index is 464. The van der Waals surface area contributed by atoms with E-state index in [1.807, 2.05) is 30.1 Å². The van der Waals surface area contributed by atoms with E-state index in [4.69, 9.17) is 10.5 Å². The van der Waals surface area contributed by atoms with Crippen LogP contribution in [0.3, 0.4) is 0 Å². The van der Waals surface area contributed by atoms with Gasteiger partial charge in [-0.2, -0.15) is 0 Å². The number of anilines is 2. The van der Waals surface area contributed by atoms with Crippen molar-refractivity contribution in [2.75, 3.05) is 37.0 Å². The molecule has 0 saturated carbocycles. The Morgan fingerprint density at radius 2 is 2.37 bits per heavy atom. The Hall–Kier alpha value is -1.79. The summed E-state index contributed by atoms with van der Waals surface area (Å²) >= 11 is 0.